The number of nitrogens with zero attached hydrogens (tertiary/aromatic N) is 2. The van der Waals surface area contributed by atoms with E-state index in [4.69, 9.17) is 0 Å². The Bertz CT molecular complexity index is 907. The maximum atomic E-state index is 12.3. The average Bonchev–Trinajstić information content (AvgIpc) is 3.04. The van der Waals surface area contributed by atoms with E-state index in [9.17, 15) is 8.42 Å². The summed E-state index contributed by atoms with van der Waals surface area (Å²) in [5.74, 6) is 0.656. The number of aryl methyl sites for hydroxylation is 1. The summed E-state index contributed by atoms with van der Waals surface area (Å²) in [6.45, 7) is 9.57. The molecule has 2 rings (SSSR count). The van der Waals surface area contributed by atoms with Crippen LogP contribution in [0.2, 0.25) is 0 Å². The first kappa shape index (κ1) is 23.3. The van der Waals surface area contributed by atoms with E-state index in [2.05, 4.69) is 32.3 Å². The fraction of sp³-hybridized carbons (Fsp3) is 0.500. The minimum absolute atomic E-state index is 0.0513. The van der Waals surface area contributed by atoms with Crippen LogP contribution in [-0.2, 0) is 28.7 Å². The standard InChI is InChI=1S/C20H31N5O2S2/c1-5-21-20(22-11-10-19-23-12-16(4)28-19)24-13-17-8-6-7-9-18(17)14-29(26,27)25-15(2)3/h6-9,12,15,25H,5,10-11,13-14H2,1-4H3,(H2,21,22,24). The van der Waals surface area contributed by atoms with Crippen LogP contribution in [0, 0.1) is 6.92 Å². The molecule has 1 aromatic heterocycles. The highest BCUT2D eigenvalue weighted by Gasteiger charge is 2.15. The topological polar surface area (TPSA) is 95.5 Å². The van der Waals surface area contributed by atoms with Crippen LogP contribution in [0.3, 0.4) is 0 Å². The van der Waals surface area contributed by atoms with Crippen molar-refractivity contribution in [3.63, 3.8) is 0 Å². The quantitative estimate of drug-likeness (QED) is 0.392. The molecular weight excluding hydrogens is 406 g/mol. The molecule has 3 N–H and O–H groups in total. The molecule has 29 heavy (non-hydrogen) atoms. The molecule has 0 atom stereocenters. The van der Waals surface area contributed by atoms with Crippen molar-refractivity contribution in [3.05, 3.63) is 51.5 Å². The van der Waals surface area contributed by atoms with Gasteiger partial charge in [-0.2, -0.15) is 0 Å². The molecule has 0 bridgehead atoms. The molecule has 0 spiro atoms. The fourth-order valence-electron chi connectivity index (χ4n) is 2.77. The number of thiazole rings is 1. The van der Waals surface area contributed by atoms with Gasteiger partial charge in [-0.05, 0) is 38.8 Å². The van der Waals surface area contributed by atoms with Gasteiger partial charge >= 0.3 is 0 Å². The van der Waals surface area contributed by atoms with Crippen LogP contribution >= 0.6 is 11.3 Å². The molecule has 0 aliphatic heterocycles. The number of benzene rings is 1. The number of aromatic nitrogens is 1. The fourth-order valence-corrected chi connectivity index (χ4v) is 5.05. The minimum atomic E-state index is -3.38. The maximum absolute atomic E-state index is 12.3. The average molecular weight is 438 g/mol. The lowest BCUT2D eigenvalue weighted by molar-refractivity contribution is 0.569. The second-order valence-corrected chi connectivity index (χ2v) is 10.1. The molecule has 0 fully saturated rings. The molecule has 1 heterocycles. The molecule has 0 unspecified atom stereocenters. The number of sulfonamides is 1. The number of hydrogen-bond donors (Lipinski definition) is 3. The second-order valence-electron chi connectivity index (χ2n) is 7.04. The third-order valence-electron chi connectivity index (χ3n) is 3.93. The molecule has 0 aliphatic carbocycles. The summed E-state index contributed by atoms with van der Waals surface area (Å²) < 4.78 is 27.2. The van der Waals surface area contributed by atoms with Crippen molar-refractivity contribution in [2.75, 3.05) is 13.1 Å². The smallest absolute Gasteiger partial charge is 0.216 e. The van der Waals surface area contributed by atoms with Crippen molar-refractivity contribution >= 4 is 27.3 Å². The van der Waals surface area contributed by atoms with Gasteiger partial charge in [0.15, 0.2) is 5.96 Å². The lowest BCUT2D eigenvalue weighted by atomic mass is 10.1. The van der Waals surface area contributed by atoms with Crippen molar-refractivity contribution in [2.45, 2.75) is 52.5 Å². The zero-order valence-corrected chi connectivity index (χ0v) is 19.2. The van der Waals surface area contributed by atoms with Crippen LogP contribution in [0.15, 0.2) is 35.5 Å². The first-order valence-corrected chi connectivity index (χ1v) is 12.3. The Morgan fingerprint density at radius 2 is 1.93 bits per heavy atom. The first-order valence-electron chi connectivity index (χ1n) is 9.79. The van der Waals surface area contributed by atoms with Crippen LogP contribution in [0.4, 0.5) is 0 Å². The lowest BCUT2D eigenvalue weighted by Crippen LogP contribution is -2.38. The van der Waals surface area contributed by atoms with Crippen molar-refractivity contribution < 1.29 is 8.42 Å². The van der Waals surface area contributed by atoms with Gasteiger partial charge in [0.1, 0.15) is 0 Å². The van der Waals surface area contributed by atoms with Crippen LogP contribution in [0.25, 0.3) is 0 Å². The molecule has 2 aromatic rings. The maximum Gasteiger partial charge on any atom is 0.216 e. The zero-order chi connectivity index (χ0) is 21.3. The summed E-state index contributed by atoms with van der Waals surface area (Å²) in [5, 5.41) is 7.64. The third-order valence-corrected chi connectivity index (χ3v) is 6.43. The van der Waals surface area contributed by atoms with E-state index in [1.807, 2.05) is 51.2 Å². The van der Waals surface area contributed by atoms with Gasteiger partial charge in [-0.25, -0.2) is 23.1 Å². The van der Waals surface area contributed by atoms with E-state index in [1.165, 1.54) is 4.88 Å². The normalized spacial score (nSPS) is 12.4. The van der Waals surface area contributed by atoms with Crippen molar-refractivity contribution in [2.24, 2.45) is 4.99 Å². The molecule has 0 saturated carbocycles. The van der Waals surface area contributed by atoms with Gasteiger partial charge in [-0.1, -0.05) is 24.3 Å². The molecule has 160 valence electrons. The number of nitrogens with one attached hydrogen (secondary N) is 3. The predicted octanol–water partition coefficient (Wildman–Crippen LogP) is 2.58. The second kappa shape index (κ2) is 11.3. The summed E-state index contributed by atoms with van der Waals surface area (Å²) >= 11 is 1.70. The number of rotatable bonds is 10. The summed E-state index contributed by atoms with van der Waals surface area (Å²) in [6, 6.07) is 7.40. The zero-order valence-electron chi connectivity index (χ0n) is 17.5. The Hall–Kier alpha value is -1.97. The molecule has 1 aromatic carbocycles. The van der Waals surface area contributed by atoms with E-state index >= 15 is 0 Å². The summed E-state index contributed by atoms with van der Waals surface area (Å²) in [6.07, 6.45) is 2.72. The molecule has 0 saturated heterocycles. The highest BCUT2D eigenvalue weighted by atomic mass is 32.2. The SMILES string of the molecule is CCNC(=NCc1ccccc1CS(=O)(=O)NC(C)C)NCCc1ncc(C)s1. The van der Waals surface area contributed by atoms with Crippen LogP contribution in [0.5, 0.6) is 0 Å². The monoisotopic (exact) mass is 437 g/mol. The molecule has 0 radical (unpaired) electrons. The molecule has 0 amide bonds. The van der Waals surface area contributed by atoms with E-state index in [1.54, 1.807) is 11.3 Å². The number of guanidine groups is 1. The molecule has 0 aliphatic rings. The Balaban J connectivity index is 2.02. The highest BCUT2D eigenvalue weighted by molar-refractivity contribution is 7.88. The summed E-state index contributed by atoms with van der Waals surface area (Å²) in [4.78, 5) is 10.2. The molecule has 7 nitrogen and oxygen atoms in total. The van der Waals surface area contributed by atoms with Gasteiger partial charge in [-0.3, -0.25) is 0 Å². The third kappa shape index (κ3) is 8.51. The van der Waals surface area contributed by atoms with Gasteiger partial charge < -0.3 is 10.6 Å². The number of hydrogen-bond acceptors (Lipinski definition) is 5. The number of aliphatic imine (C=N–C) groups is 1. The van der Waals surface area contributed by atoms with Crippen molar-refractivity contribution in [3.8, 4) is 0 Å². The molecular formula is C20H31N5O2S2. The molecule has 9 heteroatoms. The largest absolute Gasteiger partial charge is 0.357 e. The Morgan fingerprint density at radius 1 is 1.21 bits per heavy atom. The summed E-state index contributed by atoms with van der Waals surface area (Å²) in [5.41, 5.74) is 1.66. The van der Waals surface area contributed by atoms with E-state index in [0.717, 1.165) is 35.6 Å². The van der Waals surface area contributed by atoms with Gasteiger partial charge in [0.05, 0.1) is 17.3 Å². The van der Waals surface area contributed by atoms with Crippen molar-refractivity contribution in [1.82, 2.24) is 20.3 Å². The lowest BCUT2D eigenvalue weighted by Gasteiger charge is -2.13. The van der Waals surface area contributed by atoms with Crippen LogP contribution in [-0.4, -0.2) is 38.5 Å². The summed E-state index contributed by atoms with van der Waals surface area (Å²) in [7, 11) is -3.38. The Morgan fingerprint density at radius 3 is 2.55 bits per heavy atom. The first-order chi connectivity index (χ1) is 13.8. The van der Waals surface area contributed by atoms with Crippen LogP contribution < -0.4 is 15.4 Å². The van der Waals surface area contributed by atoms with Crippen LogP contribution in [0.1, 0.15) is 41.8 Å². The van der Waals surface area contributed by atoms with Crippen molar-refractivity contribution in [1.29, 1.82) is 0 Å². The van der Waals surface area contributed by atoms with E-state index in [-0.39, 0.29) is 11.8 Å². The van der Waals surface area contributed by atoms with Gasteiger partial charge in [-0.15, -0.1) is 11.3 Å². The highest BCUT2D eigenvalue weighted by Crippen LogP contribution is 2.14. The van der Waals surface area contributed by atoms with Gasteiger partial charge in [0.25, 0.3) is 0 Å². The minimum Gasteiger partial charge on any atom is -0.357 e. The Kier molecular flexibility index (Phi) is 9.06. The van der Waals surface area contributed by atoms with Gasteiger partial charge in [0, 0.05) is 36.6 Å². The van der Waals surface area contributed by atoms with Gasteiger partial charge in [0.2, 0.25) is 10.0 Å². The Labute approximate surface area is 178 Å². The van der Waals surface area contributed by atoms with E-state index < -0.39 is 10.0 Å². The van der Waals surface area contributed by atoms with E-state index in [0.29, 0.717) is 12.5 Å². The predicted molar refractivity (Wildman–Crippen MR) is 121 cm³/mol.